The smallest absolute Gasteiger partial charge is 0.272 e. The zero-order valence-electron chi connectivity index (χ0n) is 23.2. The molecule has 0 fully saturated rings. The molecule has 5 rings (SSSR count). The van der Waals surface area contributed by atoms with Gasteiger partial charge >= 0.3 is 0 Å². The predicted molar refractivity (Wildman–Crippen MR) is 170 cm³/mol. The van der Waals surface area contributed by atoms with Crippen LogP contribution < -0.4 is 16.0 Å². The van der Waals surface area contributed by atoms with Gasteiger partial charge < -0.3 is 15.1 Å². The Morgan fingerprint density at radius 3 is 2.23 bits per heavy atom. The van der Waals surface area contributed by atoms with Crippen LogP contribution in [0.2, 0.25) is 0 Å². The van der Waals surface area contributed by atoms with Crippen LogP contribution in [-0.2, 0) is 9.59 Å². The fourth-order valence-corrected chi connectivity index (χ4v) is 5.36. The zero-order valence-corrected chi connectivity index (χ0v) is 24.9. The third-order valence-corrected chi connectivity index (χ3v) is 7.92. The third-order valence-electron chi connectivity index (χ3n) is 6.05. The van der Waals surface area contributed by atoms with Gasteiger partial charge in [-0.15, -0.1) is 22.0 Å². The Labute approximate surface area is 256 Å². The molecular formula is C32H27N5O4S2. The van der Waals surface area contributed by atoms with E-state index in [-0.39, 0.29) is 16.9 Å². The molecule has 11 heteroatoms. The van der Waals surface area contributed by atoms with Crippen LogP contribution in [0, 0.1) is 6.92 Å². The molecule has 0 aliphatic heterocycles. The molecule has 1 unspecified atom stereocenters. The third kappa shape index (κ3) is 8.06. The predicted octanol–water partition coefficient (Wildman–Crippen LogP) is 6.64. The molecule has 216 valence electrons. The molecule has 0 aliphatic rings. The van der Waals surface area contributed by atoms with E-state index in [0.29, 0.717) is 27.9 Å². The minimum absolute atomic E-state index is 0.0125. The number of anilines is 2. The highest BCUT2D eigenvalue weighted by Crippen LogP contribution is 2.27. The molecular weight excluding hydrogens is 583 g/mol. The van der Waals surface area contributed by atoms with E-state index in [9.17, 15) is 14.4 Å². The van der Waals surface area contributed by atoms with E-state index in [1.54, 1.807) is 49.4 Å². The van der Waals surface area contributed by atoms with Gasteiger partial charge in [-0.05, 0) is 62.4 Å². The molecule has 0 aliphatic carbocycles. The Morgan fingerprint density at radius 1 is 0.860 bits per heavy atom. The van der Waals surface area contributed by atoms with E-state index in [2.05, 4.69) is 26.1 Å². The number of nitrogens with zero attached hydrogens (tertiary/aromatic N) is 2. The topological polar surface area (TPSA) is 126 Å². The molecule has 3 amide bonds. The first-order valence-corrected chi connectivity index (χ1v) is 15.0. The molecule has 0 spiro atoms. The van der Waals surface area contributed by atoms with E-state index >= 15 is 0 Å². The number of carbonyl (C=O) groups excluding carboxylic acids is 3. The highest BCUT2D eigenvalue weighted by Gasteiger charge is 2.18. The van der Waals surface area contributed by atoms with Crippen LogP contribution >= 0.6 is 23.1 Å². The number of aromatic nitrogens is 2. The first kappa shape index (κ1) is 29.5. The largest absolute Gasteiger partial charge is 0.457 e. The summed E-state index contributed by atoms with van der Waals surface area (Å²) >= 11 is 2.68. The highest BCUT2D eigenvalue weighted by molar-refractivity contribution is 8.00. The Morgan fingerprint density at radius 2 is 1.56 bits per heavy atom. The lowest BCUT2D eigenvalue weighted by Crippen LogP contribution is -2.30. The molecule has 0 radical (unpaired) electrons. The van der Waals surface area contributed by atoms with Crippen LogP contribution in [0.4, 0.5) is 10.8 Å². The quantitative estimate of drug-likeness (QED) is 0.120. The summed E-state index contributed by atoms with van der Waals surface area (Å²) in [5.41, 5.74) is 1.83. The average Bonchev–Trinajstić information content (AvgIpc) is 3.67. The van der Waals surface area contributed by atoms with E-state index in [0.717, 1.165) is 15.5 Å². The van der Waals surface area contributed by atoms with Crippen LogP contribution in [0.15, 0.2) is 112 Å². The number of hydrogen-bond acceptors (Lipinski definition) is 8. The van der Waals surface area contributed by atoms with Crippen LogP contribution in [0.25, 0.3) is 17.4 Å². The fourth-order valence-electron chi connectivity index (χ4n) is 3.90. The van der Waals surface area contributed by atoms with Gasteiger partial charge in [0.1, 0.15) is 22.2 Å². The fraction of sp³-hybridized carbons (Fsp3) is 0.0938. The first-order valence-electron chi connectivity index (χ1n) is 13.3. The number of aryl methyl sites for hydroxylation is 1. The number of amides is 3. The van der Waals surface area contributed by atoms with Crippen molar-refractivity contribution in [1.82, 2.24) is 15.5 Å². The molecule has 5 aromatic rings. The summed E-state index contributed by atoms with van der Waals surface area (Å²) in [5.74, 6) is -0.103. The average molecular weight is 610 g/mol. The highest BCUT2D eigenvalue weighted by atomic mass is 32.2. The summed E-state index contributed by atoms with van der Waals surface area (Å²) in [6, 6.07) is 28.8. The van der Waals surface area contributed by atoms with Gasteiger partial charge in [0.05, 0.1) is 5.25 Å². The number of thioether (sulfide) groups is 1. The van der Waals surface area contributed by atoms with Crippen molar-refractivity contribution >= 4 is 57.7 Å². The molecule has 3 aromatic carbocycles. The van der Waals surface area contributed by atoms with Crippen molar-refractivity contribution in [2.24, 2.45) is 0 Å². The van der Waals surface area contributed by atoms with Crippen molar-refractivity contribution in [2.45, 2.75) is 24.0 Å². The second-order valence-electron chi connectivity index (χ2n) is 9.30. The SMILES string of the molecule is Cc1nnc(NC(=O)C(C)Sc2ccc(NC(=O)/C(=C\c3ccc(-c4ccccc4)o3)NC(=O)c3ccccc3)cc2)s1. The van der Waals surface area contributed by atoms with Crippen molar-refractivity contribution < 1.29 is 18.8 Å². The number of furan rings is 1. The number of rotatable bonds is 10. The first-order chi connectivity index (χ1) is 20.8. The minimum Gasteiger partial charge on any atom is -0.457 e. The van der Waals surface area contributed by atoms with Crippen molar-refractivity contribution in [3.8, 4) is 11.3 Å². The van der Waals surface area contributed by atoms with Crippen LogP contribution in [0.1, 0.15) is 28.0 Å². The number of carbonyl (C=O) groups is 3. The lowest BCUT2D eigenvalue weighted by atomic mass is 10.2. The molecule has 2 heterocycles. The molecule has 3 N–H and O–H groups in total. The van der Waals surface area contributed by atoms with Crippen LogP contribution in [0.3, 0.4) is 0 Å². The molecule has 43 heavy (non-hydrogen) atoms. The maximum absolute atomic E-state index is 13.4. The Hall–Kier alpha value is -5.00. The molecule has 0 saturated heterocycles. The summed E-state index contributed by atoms with van der Waals surface area (Å²) in [6.07, 6.45) is 1.49. The van der Waals surface area contributed by atoms with Gasteiger partial charge in [-0.25, -0.2) is 0 Å². The van der Waals surface area contributed by atoms with Gasteiger partial charge in [0.2, 0.25) is 11.0 Å². The van der Waals surface area contributed by atoms with Gasteiger partial charge in [0, 0.05) is 27.8 Å². The molecule has 1 atom stereocenters. The normalized spacial score (nSPS) is 11.9. The van der Waals surface area contributed by atoms with E-state index in [1.165, 1.54) is 29.2 Å². The van der Waals surface area contributed by atoms with Gasteiger partial charge in [-0.3, -0.25) is 19.7 Å². The monoisotopic (exact) mass is 609 g/mol. The minimum atomic E-state index is -0.526. The summed E-state index contributed by atoms with van der Waals surface area (Å²) < 4.78 is 5.95. The second kappa shape index (κ2) is 13.8. The van der Waals surface area contributed by atoms with Gasteiger partial charge in [-0.1, -0.05) is 59.9 Å². The lowest BCUT2D eigenvalue weighted by Gasteiger charge is -2.12. The van der Waals surface area contributed by atoms with Gasteiger partial charge in [-0.2, -0.15) is 0 Å². The molecule has 0 saturated carbocycles. The second-order valence-corrected chi connectivity index (χ2v) is 11.9. The lowest BCUT2D eigenvalue weighted by molar-refractivity contribution is -0.115. The summed E-state index contributed by atoms with van der Waals surface area (Å²) in [5, 5.41) is 17.0. The standard InChI is InChI=1S/C32H27N5O4S2/c1-20(29(38)35-32-37-36-21(2)43-32)42-26-16-13-24(14-17-26)33-31(40)27(34-30(39)23-11-7-4-8-12-23)19-25-15-18-28(41-25)22-9-5-3-6-10-22/h3-20H,1-2H3,(H,33,40)(H,34,39)(H,35,37,38)/b27-19+. The molecule has 2 aromatic heterocycles. The van der Waals surface area contributed by atoms with Gasteiger partial charge in [0.15, 0.2) is 0 Å². The van der Waals surface area contributed by atoms with Crippen molar-refractivity contribution in [3.63, 3.8) is 0 Å². The van der Waals surface area contributed by atoms with Crippen LogP contribution in [-0.4, -0.2) is 33.2 Å². The number of hydrogen-bond donors (Lipinski definition) is 3. The van der Waals surface area contributed by atoms with E-state index in [1.807, 2.05) is 61.5 Å². The van der Waals surface area contributed by atoms with Crippen molar-refractivity contribution in [1.29, 1.82) is 0 Å². The van der Waals surface area contributed by atoms with Crippen molar-refractivity contribution in [3.05, 3.63) is 119 Å². The summed E-state index contributed by atoms with van der Waals surface area (Å²) in [6.45, 7) is 3.62. The van der Waals surface area contributed by atoms with Crippen molar-refractivity contribution in [2.75, 3.05) is 10.6 Å². The number of nitrogens with one attached hydrogen (secondary N) is 3. The Kier molecular flexibility index (Phi) is 9.45. The maximum Gasteiger partial charge on any atom is 0.272 e. The van der Waals surface area contributed by atoms with E-state index in [4.69, 9.17) is 4.42 Å². The Bertz CT molecular complexity index is 1750. The van der Waals surface area contributed by atoms with E-state index < -0.39 is 11.8 Å². The Balaban J connectivity index is 1.28. The molecule has 9 nitrogen and oxygen atoms in total. The number of benzene rings is 3. The molecule has 0 bridgehead atoms. The summed E-state index contributed by atoms with van der Waals surface area (Å²) in [7, 11) is 0. The maximum atomic E-state index is 13.4. The summed E-state index contributed by atoms with van der Waals surface area (Å²) in [4.78, 5) is 39.7. The van der Waals surface area contributed by atoms with Crippen LogP contribution in [0.5, 0.6) is 0 Å². The van der Waals surface area contributed by atoms with Gasteiger partial charge in [0.25, 0.3) is 11.8 Å². The zero-order chi connectivity index (χ0) is 30.2.